The van der Waals surface area contributed by atoms with Crippen LogP contribution in [0.3, 0.4) is 0 Å². The number of carbonyl (C=O) groups is 1. The average molecular weight is 308 g/mol. The standard InChI is InChI=1S/C11H14ClN3O3.ClH/c1-14(2)6-5-13-11(16)9-7-8(15(17)18)3-4-10(9)12;/h3-4,7H,5-6H2,1-2H3,(H,13,16);1H. The molecule has 0 saturated heterocycles. The highest BCUT2D eigenvalue weighted by Gasteiger charge is 2.15. The van der Waals surface area contributed by atoms with E-state index in [1.807, 2.05) is 19.0 Å². The maximum atomic E-state index is 11.8. The minimum Gasteiger partial charge on any atom is -0.351 e. The van der Waals surface area contributed by atoms with Crippen molar-refractivity contribution in [2.45, 2.75) is 0 Å². The van der Waals surface area contributed by atoms with Gasteiger partial charge in [-0.3, -0.25) is 14.9 Å². The van der Waals surface area contributed by atoms with Crippen LogP contribution in [0.15, 0.2) is 18.2 Å². The molecule has 1 aromatic carbocycles. The van der Waals surface area contributed by atoms with Gasteiger partial charge in [0.1, 0.15) is 0 Å². The average Bonchev–Trinajstić information content (AvgIpc) is 2.28. The molecule has 1 N–H and O–H groups in total. The number of nitro benzene ring substituents is 1. The first kappa shape index (κ1) is 17.6. The van der Waals surface area contributed by atoms with Gasteiger partial charge >= 0.3 is 0 Å². The summed E-state index contributed by atoms with van der Waals surface area (Å²) in [5.74, 6) is -0.412. The second-order valence-corrected chi connectivity index (χ2v) is 4.39. The summed E-state index contributed by atoms with van der Waals surface area (Å²) >= 11 is 5.84. The third kappa shape index (κ3) is 5.42. The lowest BCUT2D eigenvalue weighted by molar-refractivity contribution is -0.384. The summed E-state index contributed by atoms with van der Waals surface area (Å²) < 4.78 is 0. The second-order valence-electron chi connectivity index (χ2n) is 3.98. The molecule has 19 heavy (non-hydrogen) atoms. The Kier molecular flexibility index (Phi) is 7.36. The van der Waals surface area contributed by atoms with Crippen LogP contribution in [0.1, 0.15) is 10.4 Å². The first-order valence-electron chi connectivity index (χ1n) is 5.28. The molecule has 0 saturated carbocycles. The van der Waals surface area contributed by atoms with Gasteiger partial charge in [-0.2, -0.15) is 0 Å². The Labute approximate surface area is 122 Å². The molecule has 0 unspecified atom stereocenters. The van der Waals surface area contributed by atoms with Crippen LogP contribution in [0.25, 0.3) is 0 Å². The molecular formula is C11H15Cl2N3O3. The second kappa shape index (κ2) is 7.93. The maximum Gasteiger partial charge on any atom is 0.270 e. The normalized spacial score (nSPS) is 9.89. The molecule has 0 bridgehead atoms. The van der Waals surface area contributed by atoms with Crippen LogP contribution >= 0.6 is 24.0 Å². The number of nitro groups is 1. The number of benzene rings is 1. The van der Waals surface area contributed by atoms with E-state index in [2.05, 4.69) is 5.32 Å². The molecule has 1 aromatic rings. The Hall–Kier alpha value is -1.37. The van der Waals surface area contributed by atoms with Crippen LogP contribution in [-0.2, 0) is 0 Å². The fraction of sp³-hybridized carbons (Fsp3) is 0.364. The number of non-ortho nitro benzene ring substituents is 1. The smallest absolute Gasteiger partial charge is 0.270 e. The molecule has 0 aliphatic heterocycles. The SMILES string of the molecule is CN(C)CCNC(=O)c1cc([N+](=O)[O-])ccc1Cl.Cl. The van der Waals surface area contributed by atoms with Gasteiger partial charge in [-0.15, -0.1) is 12.4 Å². The summed E-state index contributed by atoms with van der Waals surface area (Å²) in [4.78, 5) is 23.7. The Balaban J connectivity index is 0.00000324. The molecule has 0 spiro atoms. The van der Waals surface area contributed by atoms with Crippen molar-refractivity contribution in [1.29, 1.82) is 0 Å². The van der Waals surface area contributed by atoms with Crippen molar-refractivity contribution in [1.82, 2.24) is 10.2 Å². The van der Waals surface area contributed by atoms with Crippen molar-refractivity contribution < 1.29 is 9.72 Å². The largest absolute Gasteiger partial charge is 0.351 e. The number of hydrogen-bond acceptors (Lipinski definition) is 4. The lowest BCUT2D eigenvalue weighted by atomic mass is 10.2. The zero-order chi connectivity index (χ0) is 13.7. The van der Waals surface area contributed by atoms with Gasteiger partial charge in [0, 0.05) is 25.2 Å². The van der Waals surface area contributed by atoms with Gasteiger partial charge in [-0.25, -0.2) is 0 Å². The molecule has 6 nitrogen and oxygen atoms in total. The predicted molar refractivity (Wildman–Crippen MR) is 76.2 cm³/mol. The lowest BCUT2D eigenvalue weighted by Crippen LogP contribution is -2.31. The fourth-order valence-corrected chi connectivity index (χ4v) is 1.49. The van der Waals surface area contributed by atoms with E-state index in [4.69, 9.17) is 11.6 Å². The van der Waals surface area contributed by atoms with Gasteiger partial charge < -0.3 is 10.2 Å². The Bertz CT molecular complexity index is 466. The Morgan fingerprint density at radius 2 is 2.11 bits per heavy atom. The summed E-state index contributed by atoms with van der Waals surface area (Å²) in [6.07, 6.45) is 0. The number of nitrogens with one attached hydrogen (secondary N) is 1. The molecule has 0 radical (unpaired) electrons. The monoisotopic (exact) mass is 307 g/mol. The van der Waals surface area contributed by atoms with Crippen molar-refractivity contribution in [2.24, 2.45) is 0 Å². The van der Waals surface area contributed by atoms with E-state index >= 15 is 0 Å². The van der Waals surface area contributed by atoms with Gasteiger partial charge in [0.25, 0.3) is 11.6 Å². The molecule has 1 rings (SSSR count). The van der Waals surface area contributed by atoms with E-state index in [1.165, 1.54) is 18.2 Å². The number of hydrogen-bond donors (Lipinski definition) is 1. The molecule has 0 fully saturated rings. The quantitative estimate of drug-likeness (QED) is 0.666. The third-order valence-corrected chi connectivity index (χ3v) is 2.58. The predicted octanol–water partition coefficient (Wildman–Crippen LogP) is 1.96. The first-order valence-corrected chi connectivity index (χ1v) is 5.66. The summed E-state index contributed by atoms with van der Waals surface area (Å²) in [7, 11) is 3.76. The van der Waals surface area contributed by atoms with E-state index in [-0.39, 0.29) is 28.7 Å². The fourth-order valence-electron chi connectivity index (χ4n) is 1.29. The molecule has 0 atom stereocenters. The molecule has 0 aromatic heterocycles. The van der Waals surface area contributed by atoms with Crippen molar-refractivity contribution >= 4 is 35.6 Å². The van der Waals surface area contributed by atoms with E-state index in [0.29, 0.717) is 13.1 Å². The van der Waals surface area contributed by atoms with Crippen molar-refractivity contribution in [3.63, 3.8) is 0 Å². The van der Waals surface area contributed by atoms with Gasteiger partial charge in [0.05, 0.1) is 15.5 Å². The van der Waals surface area contributed by atoms with Crippen LogP contribution < -0.4 is 5.32 Å². The minimum absolute atomic E-state index is 0. The van der Waals surface area contributed by atoms with E-state index in [0.717, 1.165) is 0 Å². The number of amides is 1. The van der Waals surface area contributed by atoms with E-state index in [9.17, 15) is 14.9 Å². The van der Waals surface area contributed by atoms with Crippen LogP contribution in [0.4, 0.5) is 5.69 Å². The first-order chi connectivity index (χ1) is 8.41. The zero-order valence-electron chi connectivity index (χ0n) is 10.6. The van der Waals surface area contributed by atoms with Crippen LogP contribution in [0.2, 0.25) is 5.02 Å². The summed E-state index contributed by atoms with van der Waals surface area (Å²) in [5.41, 5.74) is -0.0400. The highest BCUT2D eigenvalue weighted by atomic mass is 35.5. The third-order valence-electron chi connectivity index (χ3n) is 2.25. The van der Waals surface area contributed by atoms with E-state index in [1.54, 1.807) is 0 Å². The summed E-state index contributed by atoms with van der Waals surface area (Å²) in [6, 6.07) is 3.78. The van der Waals surface area contributed by atoms with Crippen molar-refractivity contribution in [3.05, 3.63) is 38.9 Å². The number of nitrogens with zero attached hydrogens (tertiary/aromatic N) is 2. The van der Waals surface area contributed by atoms with E-state index < -0.39 is 10.8 Å². The molecule has 1 amide bonds. The van der Waals surface area contributed by atoms with Crippen LogP contribution in [0, 0.1) is 10.1 Å². The Morgan fingerprint density at radius 3 is 2.63 bits per heavy atom. The highest BCUT2D eigenvalue weighted by Crippen LogP contribution is 2.21. The van der Waals surface area contributed by atoms with Crippen molar-refractivity contribution in [3.8, 4) is 0 Å². The topological polar surface area (TPSA) is 75.5 Å². The maximum absolute atomic E-state index is 11.8. The Morgan fingerprint density at radius 1 is 1.47 bits per heavy atom. The van der Waals surface area contributed by atoms with Crippen LogP contribution in [0.5, 0.6) is 0 Å². The van der Waals surface area contributed by atoms with Gasteiger partial charge in [-0.1, -0.05) is 11.6 Å². The zero-order valence-corrected chi connectivity index (χ0v) is 12.1. The highest BCUT2D eigenvalue weighted by molar-refractivity contribution is 6.33. The molecule has 0 heterocycles. The lowest BCUT2D eigenvalue weighted by Gasteiger charge is -2.10. The molecule has 0 aliphatic rings. The molecule has 106 valence electrons. The summed E-state index contributed by atoms with van der Waals surface area (Å²) in [6.45, 7) is 1.13. The molecule has 0 aliphatic carbocycles. The molecule has 8 heteroatoms. The molecular weight excluding hydrogens is 293 g/mol. The number of halogens is 2. The number of rotatable bonds is 5. The number of likely N-dealkylation sites (N-methyl/N-ethyl adjacent to an activating group) is 1. The number of carbonyl (C=O) groups excluding carboxylic acids is 1. The van der Waals surface area contributed by atoms with Gasteiger partial charge in [0.2, 0.25) is 0 Å². The van der Waals surface area contributed by atoms with Crippen LogP contribution in [-0.4, -0.2) is 42.9 Å². The van der Waals surface area contributed by atoms with Gasteiger partial charge in [-0.05, 0) is 20.2 Å². The van der Waals surface area contributed by atoms with Gasteiger partial charge in [0.15, 0.2) is 0 Å². The summed E-state index contributed by atoms with van der Waals surface area (Å²) in [5, 5.41) is 13.5. The minimum atomic E-state index is -0.563. The van der Waals surface area contributed by atoms with Crippen molar-refractivity contribution in [2.75, 3.05) is 27.2 Å².